The second kappa shape index (κ2) is 14.5. The third kappa shape index (κ3) is 10.4. The smallest absolute Gasteiger partial charge is 0.268 e. The number of aromatic nitrogens is 2. The molecule has 0 radical (unpaired) electrons. The van der Waals surface area contributed by atoms with Crippen LogP contribution < -0.4 is 5.32 Å². The Kier molecular flexibility index (Phi) is 12.1. The lowest BCUT2D eigenvalue weighted by Gasteiger charge is -2.17. The molecule has 0 aliphatic heterocycles. The highest BCUT2D eigenvalue weighted by molar-refractivity contribution is 7.85. The fraction of sp³-hybridized carbons (Fsp3) is 0.500. The van der Waals surface area contributed by atoms with Crippen LogP contribution in [0.25, 0.3) is 22.2 Å². The van der Waals surface area contributed by atoms with Gasteiger partial charge in [0.2, 0.25) is 5.82 Å². The van der Waals surface area contributed by atoms with Crippen LogP contribution in [0, 0.1) is 6.92 Å². The summed E-state index contributed by atoms with van der Waals surface area (Å²) in [7, 11) is -3.67. The number of nitrogens with one attached hydrogen (secondary N) is 1. The van der Waals surface area contributed by atoms with Crippen LogP contribution in [0.4, 0.5) is 0 Å². The van der Waals surface area contributed by atoms with Gasteiger partial charge in [-0.15, -0.1) is 11.3 Å². The molecular formula is C24H36N4O6S2. The average Bonchev–Trinajstić information content (AvgIpc) is 3.44. The number of aliphatic hydroxyl groups is 2. The number of hydrogen-bond donors (Lipinski definition) is 4. The van der Waals surface area contributed by atoms with Crippen molar-refractivity contribution in [3.05, 3.63) is 46.3 Å². The van der Waals surface area contributed by atoms with Crippen molar-refractivity contribution in [2.75, 3.05) is 39.0 Å². The molecule has 10 nitrogen and oxygen atoms in total. The molecule has 0 fully saturated rings. The topological polar surface area (TPSA) is 149 Å². The van der Waals surface area contributed by atoms with Gasteiger partial charge in [-0.25, -0.2) is 0 Å². The molecule has 200 valence electrons. The molecule has 1 atom stereocenters. The molecule has 0 saturated heterocycles. The summed E-state index contributed by atoms with van der Waals surface area (Å²) in [5.41, 5.74) is 3.16. The van der Waals surface area contributed by atoms with Crippen molar-refractivity contribution in [2.45, 2.75) is 39.8 Å². The van der Waals surface area contributed by atoms with Gasteiger partial charge in [-0.1, -0.05) is 43.3 Å². The Morgan fingerprint density at radius 2 is 1.83 bits per heavy atom. The van der Waals surface area contributed by atoms with Crippen LogP contribution in [0.15, 0.2) is 34.9 Å². The molecule has 0 amide bonds. The maximum Gasteiger partial charge on any atom is 0.268 e. The molecule has 0 spiro atoms. The number of nitrogens with zero attached hydrogens (tertiary/aromatic N) is 3. The molecule has 3 aromatic rings. The lowest BCUT2D eigenvalue weighted by molar-refractivity contribution is 0.168. The third-order valence-electron chi connectivity index (χ3n) is 5.27. The normalized spacial score (nSPS) is 12.4. The Bertz CT molecular complexity index is 1150. The SMILES string of the molecule is CCN(CC)Cc1sc(-c2nc(-c3ccc(CC(O)CNCCO)cc3)no2)cc1C.CS(=O)(=O)O. The number of hydrogen-bond acceptors (Lipinski definition) is 10. The monoisotopic (exact) mass is 540 g/mol. The highest BCUT2D eigenvalue weighted by Gasteiger charge is 2.16. The van der Waals surface area contributed by atoms with E-state index in [2.05, 4.69) is 47.2 Å². The van der Waals surface area contributed by atoms with E-state index < -0.39 is 16.2 Å². The van der Waals surface area contributed by atoms with Crippen LogP contribution in [-0.2, 0) is 23.1 Å². The lowest BCUT2D eigenvalue weighted by atomic mass is 10.1. The van der Waals surface area contributed by atoms with E-state index in [4.69, 9.17) is 14.2 Å². The van der Waals surface area contributed by atoms with Crippen molar-refractivity contribution in [1.82, 2.24) is 20.4 Å². The first kappa shape index (κ1) is 30.0. The Labute approximate surface area is 216 Å². The van der Waals surface area contributed by atoms with Crippen molar-refractivity contribution in [2.24, 2.45) is 0 Å². The summed E-state index contributed by atoms with van der Waals surface area (Å²) < 4.78 is 31.4. The zero-order valence-electron chi connectivity index (χ0n) is 21.1. The molecule has 0 saturated carbocycles. The molecule has 4 N–H and O–H groups in total. The molecule has 12 heteroatoms. The minimum Gasteiger partial charge on any atom is -0.395 e. The zero-order chi connectivity index (χ0) is 26.7. The van der Waals surface area contributed by atoms with E-state index in [1.165, 1.54) is 10.4 Å². The molecule has 2 aromatic heterocycles. The molecule has 36 heavy (non-hydrogen) atoms. The van der Waals surface area contributed by atoms with Crippen molar-refractivity contribution in [3.8, 4) is 22.2 Å². The van der Waals surface area contributed by atoms with Crippen molar-refractivity contribution >= 4 is 21.5 Å². The average molecular weight is 541 g/mol. The molecule has 1 aromatic carbocycles. The Hall–Kier alpha value is -2.19. The molecule has 0 aliphatic rings. The molecule has 1 unspecified atom stereocenters. The van der Waals surface area contributed by atoms with Crippen LogP contribution in [0.2, 0.25) is 0 Å². The second-order valence-electron chi connectivity index (χ2n) is 8.32. The van der Waals surface area contributed by atoms with Crippen molar-refractivity contribution < 1.29 is 27.7 Å². The van der Waals surface area contributed by atoms with E-state index in [1.54, 1.807) is 11.3 Å². The second-order valence-corrected chi connectivity index (χ2v) is 10.9. The highest BCUT2D eigenvalue weighted by Crippen LogP contribution is 2.32. The van der Waals surface area contributed by atoms with Gasteiger partial charge in [-0.3, -0.25) is 9.45 Å². The molecule has 0 aliphatic carbocycles. The summed E-state index contributed by atoms with van der Waals surface area (Å²) in [5, 5.41) is 26.0. The maximum absolute atomic E-state index is 10.1. The first-order valence-corrected chi connectivity index (χ1v) is 14.4. The molecule has 2 heterocycles. The zero-order valence-corrected chi connectivity index (χ0v) is 22.8. The van der Waals surface area contributed by atoms with E-state index in [-0.39, 0.29) is 6.61 Å². The number of thiophene rings is 1. The lowest BCUT2D eigenvalue weighted by Crippen LogP contribution is -2.30. The number of aryl methyl sites for hydroxylation is 1. The van der Waals surface area contributed by atoms with Crippen LogP contribution in [-0.4, -0.2) is 83.4 Å². The Balaban J connectivity index is 0.000000830. The van der Waals surface area contributed by atoms with Crippen LogP contribution in [0.1, 0.15) is 29.9 Å². The predicted octanol–water partition coefficient (Wildman–Crippen LogP) is 2.60. The van der Waals surface area contributed by atoms with E-state index in [0.717, 1.165) is 35.6 Å². The summed E-state index contributed by atoms with van der Waals surface area (Å²) in [6, 6.07) is 9.96. The Morgan fingerprint density at radius 1 is 1.19 bits per heavy atom. The number of rotatable bonds is 12. The summed E-state index contributed by atoms with van der Waals surface area (Å²) in [6.07, 6.45) is 0.759. The van der Waals surface area contributed by atoms with E-state index in [0.29, 0.717) is 37.5 Å². The fourth-order valence-electron chi connectivity index (χ4n) is 3.36. The van der Waals surface area contributed by atoms with E-state index >= 15 is 0 Å². The van der Waals surface area contributed by atoms with Crippen LogP contribution >= 0.6 is 11.3 Å². The molecule has 0 bridgehead atoms. The van der Waals surface area contributed by atoms with Crippen LogP contribution in [0.5, 0.6) is 0 Å². The predicted molar refractivity (Wildman–Crippen MR) is 142 cm³/mol. The highest BCUT2D eigenvalue weighted by atomic mass is 32.2. The minimum absolute atomic E-state index is 0.0659. The van der Waals surface area contributed by atoms with Gasteiger partial charge < -0.3 is 20.1 Å². The van der Waals surface area contributed by atoms with E-state index in [9.17, 15) is 13.5 Å². The largest absolute Gasteiger partial charge is 0.395 e. The summed E-state index contributed by atoms with van der Waals surface area (Å²) in [5.74, 6) is 1.10. The standard InChI is InChI=1S/C23H32N4O3S.CH4O3S/c1-4-27(5-2)15-21-16(3)12-20(31-21)23-25-22(26-30-23)18-8-6-17(7-9-18)13-19(29)14-24-10-11-28;1-5(2,3)4/h6-9,12,19,24,28-29H,4-5,10-11,13-15H2,1-3H3;1H3,(H,2,3,4). The van der Waals surface area contributed by atoms with Crippen molar-refractivity contribution in [3.63, 3.8) is 0 Å². The number of benzene rings is 1. The Morgan fingerprint density at radius 3 is 2.42 bits per heavy atom. The van der Waals surface area contributed by atoms with Gasteiger partial charge in [-0.05, 0) is 43.6 Å². The quantitative estimate of drug-likeness (QED) is 0.199. The summed E-state index contributed by atoms with van der Waals surface area (Å²) in [6.45, 7) is 10.5. The summed E-state index contributed by atoms with van der Waals surface area (Å²) >= 11 is 1.71. The van der Waals surface area contributed by atoms with Gasteiger partial charge in [0.25, 0.3) is 16.0 Å². The molecule has 3 rings (SSSR count). The first-order valence-electron chi connectivity index (χ1n) is 11.7. The first-order chi connectivity index (χ1) is 17.0. The van der Waals surface area contributed by atoms with Gasteiger partial charge in [0, 0.05) is 30.1 Å². The van der Waals surface area contributed by atoms with Crippen LogP contribution in [0.3, 0.4) is 0 Å². The maximum atomic E-state index is 10.1. The van der Waals surface area contributed by atoms with Gasteiger partial charge in [-0.2, -0.15) is 13.4 Å². The third-order valence-corrected chi connectivity index (χ3v) is 6.48. The van der Waals surface area contributed by atoms with Crippen molar-refractivity contribution in [1.29, 1.82) is 0 Å². The molecular weight excluding hydrogens is 504 g/mol. The van der Waals surface area contributed by atoms with Gasteiger partial charge in [0.05, 0.1) is 23.8 Å². The van der Waals surface area contributed by atoms with E-state index in [1.807, 2.05) is 24.3 Å². The summed E-state index contributed by atoms with van der Waals surface area (Å²) in [4.78, 5) is 9.32. The minimum atomic E-state index is -3.67. The van der Waals surface area contributed by atoms with Gasteiger partial charge in [0.1, 0.15) is 0 Å². The fourth-order valence-corrected chi connectivity index (χ4v) is 4.49. The number of aliphatic hydroxyl groups excluding tert-OH is 2. The van der Waals surface area contributed by atoms with Gasteiger partial charge in [0.15, 0.2) is 0 Å². The van der Waals surface area contributed by atoms with Gasteiger partial charge >= 0.3 is 0 Å².